The molecule has 1 atom stereocenters. The van der Waals surface area contributed by atoms with Gasteiger partial charge < -0.3 is 5.32 Å². The van der Waals surface area contributed by atoms with Crippen LogP contribution in [0, 0.1) is 0 Å². The Bertz CT molecular complexity index is 402. The van der Waals surface area contributed by atoms with Gasteiger partial charge in [-0.1, -0.05) is 6.07 Å². The van der Waals surface area contributed by atoms with E-state index in [1.807, 2.05) is 17.5 Å². The minimum absolute atomic E-state index is 0.169. The van der Waals surface area contributed by atoms with Crippen molar-refractivity contribution in [3.8, 4) is 0 Å². The van der Waals surface area contributed by atoms with E-state index in [0.717, 1.165) is 4.88 Å². The maximum Gasteiger partial charge on any atom is 0.325 e. The fourth-order valence-electron chi connectivity index (χ4n) is 1.71. The summed E-state index contributed by atoms with van der Waals surface area (Å²) in [4.78, 5) is 25.6. The Balaban J connectivity index is 2.40. The van der Waals surface area contributed by atoms with Crippen LogP contribution in [0.2, 0.25) is 0 Å². The number of likely N-dealkylation sites (N-methyl/N-ethyl adjacent to an activating group) is 1. The Morgan fingerprint density at radius 1 is 1.53 bits per heavy atom. The summed E-state index contributed by atoms with van der Waals surface area (Å²) in [6.45, 7) is 3.94. The molecule has 3 amide bonds. The number of imide groups is 1. The van der Waals surface area contributed by atoms with Gasteiger partial charge in [-0.3, -0.25) is 9.69 Å². The number of nitrogens with one attached hydrogen (secondary N) is 1. The highest BCUT2D eigenvalue weighted by molar-refractivity contribution is 7.10. The van der Waals surface area contributed by atoms with Gasteiger partial charge in [0.25, 0.3) is 5.91 Å². The summed E-state index contributed by atoms with van der Waals surface area (Å²) in [5.74, 6) is -0.169. The molecule has 1 aliphatic heterocycles. The minimum Gasteiger partial charge on any atom is -0.319 e. The Labute approximate surface area is 91.9 Å². The summed E-state index contributed by atoms with van der Waals surface area (Å²) in [7, 11) is 0. The number of nitrogens with zero attached hydrogens (tertiary/aromatic N) is 1. The van der Waals surface area contributed by atoms with E-state index in [0.29, 0.717) is 6.54 Å². The van der Waals surface area contributed by atoms with Crippen LogP contribution in [0.15, 0.2) is 17.5 Å². The van der Waals surface area contributed by atoms with Crippen LogP contribution >= 0.6 is 11.3 Å². The summed E-state index contributed by atoms with van der Waals surface area (Å²) >= 11 is 1.48. The third kappa shape index (κ3) is 1.34. The lowest BCUT2D eigenvalue weighted by molar-refractivity contribution is -0.130. The van der Waals surface area contributed by atoms with E-state index in [1.54, 1.807) is 13.8 Å². The van der Waals surface area contributed by atoms with Gasteiger partial charge in [0.2, 0.25) is 0 Å². The van der Waals surface area contributed by atoms with Gasteiger partial charge in [-0.25, -0.2) is 4.79 Å². The smallest absolute Gasteiger partial charge is 0.319 e. The number of amides is 3. The molecule has 1 aliphatic rings. The number of thiophene rings is 1. The zero-order valence-electron chi connectivity index (χ0n) is 8.61. The van der Waals surface area contributed by atoms with Gasteiger partial charge in [-0.05, 0) is 25.3 Å². The molecule has 0 radical (unpaired) electrons. The van der Waals surface area contributed by atoms with Crippen molar-refractivity contribution in [2.75, 3.05) is 6.54 Å². The lowest BCUT2D eigenvalue weighted by Gasteiger charge is -2.19. The van der Waals surface area contributed by atoms with Gasteiger partial charge >= 0.3 is 6.03 Å². The number of urea groups is 1. The monoisotopic (exact) mass is 224 g/mol. The zero-order chi connectivity index (χ0) is 11.1. The number of hydrogen-bond acceptors (Lipinski definition) is 3. The molecule has 0 aromatic carbocycles. The molecule has 80 valence electrons. The van der Waals surface area contributed by atoms with Crippen LogP contribution in [0.5, 0.6) is 0 Å². The van der Waals surface area contributed by atoms with Gasteiger partial charge in [0.05, 0.1) is 0 Å². The molecule has 0 aliphatic carbocycles. The molecule has 1 aromatic heterocycles. The fraction of sp³-hybridized carbons (Fsp3) is 0.400. The molecule has 5 heteroatoms. The number of hydrogen-bond donors (Lipinski definition) is 1. The third-order valence-electron chi connectivity index (χ3n) is 2.61. The first-order valence-corrected chi connectivity index (χ1v) is 5.65. The minimum atomic E-state index is -0.874. The highest BCUT2D eigenvalue weighted by Gasteiger charge is 2.48. The van der Waals surface area contributed by atoms with Crippen LogP contribution in [-0.2, 0) is 10.3 Å². The molecule has 1 fully saturated rings. The Kier molecular flexibility index (Phi) is 2.26. The molecule has 0 spiro atoms. The maximum absolute atomic E-state index is 12.0. The van der Waals surface area contributed by atoms with Crippen molar-refractivity contribution in [2.45, 2.75) is 19.4 Å². The lowest BCUT2D eigenvalue weighted by atomic mass is 10.0. The van der Waals surface area contributed by atoms with E-state index in [2.05, 4.69) is 5.32 Å². The Hall–Kier alpha value is -1.36. The van der Waals surface area contributed by atoms with Crippen molar-refractivity contribution < 1.29 is 9.59 Å². The van der Waals surface area contributed by atoms with Gasteiger partial charge in [0.1, 0.15) is 0 Å². The van der Waals surface area contributed by atoms with Crippen molar-refractivity contribution >= 4 is 23.3 Å². The average Bonchev–Trinajstić information content (AvgIpc) is 2.76. The van der Waals surface area contributed by atoms with Crippen molar-refractivity contribution in [1.29, 1.82) is 0 Å². The largest absolute Gasteiger partial charge is 0.325 e. The Morgan fingerprint density at radius 3 is 2.73 bits per heavy atom. The first-order chi connectivity index (χ1) is 7.09. The standard InChI is InChI=1S/C10H12N2O2S/c1-3-12-8(13)10(2,11-9(12)14)7-5-4-6-15-7/h4-6H,3H2,1-2H3,(H,11,14)/t10-/m0/s1. The van der Waals surface area contributed by atoms with Crippen LogP contribution in [-0.4, -0.2) is 23.4 Å². The van der Waals surface area contributed by atoms with Crippen LogP contribution in [0.4, 0.5) is 4.79 Å². The summed E-state index contributed by atoms with van der Waals surface area (Å²) < 4.78 is 0. The summed E-state index contributed by atoms with van der Waals surface area (Å²) in [5, 5.41) is 4.63. The predicted octanol–water partition coefficient (Wildman–Crippen LogP) is 1.53. The van der Waals surface area contributed by atoms with Crippen LogP contribution in [0.1, 0.15) is 18.7 Å². The molecule has 1 aromatic rings. The molecule has 0 saturated carbocycles. The summed E-state index contributed by atoms with van der Waals surface area (Å²) in [6, 6.07) is 3.43. The fourth-order valence-corrected chi connectivity index (χ4v) is 2.55. The molecule has 15 heavy (non-hydrogen) atoms. The van der Waals surface area contributed by atoms with E-state index in [9.17, 15) is 9.59 Å². The van der Waals surface area contributed by atoms with Crippen molar-refractivity contribution in [2.24, 2.45) is 0 Å². The Morgan fingerprint density at radius 2 is 2.27 bits per heavy atom. The first kappa shape index (κ1) is 10.2. The van der Waals surface area contributed by atoms with E-state index in [-0.39, 0.29) is 11.9 Å². The van der Waals surface area contributed by atoms with Gasteiger partial charge in [0.15, 0.2) is 5.54 Å². The second kappa shape index (κ2) is 3.34. The molecule has 4 nitrogen and oxygen atoms in total. The average molecular weight is 224 g/mol. The van der Waals surface area contributed by atoms with Crippen LogP contribution in [0.3, 0.4) is 0 Å². The second-order valence-electron chi connectivity index (χ2n) is 3.58. The quantitative estimate of drug-likeness (QED) is 0.774. The van der Waals surface area contributed by atoms with Crippen LogP contribution < -0.4 is 5.32 Å². The molecule has 2 rings (SSSR count). The number of rotatable bonds is 2. The normalized spacial score (nSPS) is 25.9. The molecule has 0 bridgehead atoms. The van der Waals surface area contributed by atoms with Gasteiger partial charge in [-0.15, -0.1) is 11.3 Å². The van der Waals surface area contributed by atoms with Gasteiger partial charge in [0, 0.05) is 11.4 Å². The molecule has 2 heterocycles. The first-order valence-electron chi connectivity index (χ1n) is 4.77. The lowest BCUT2D eigenvalue weighted by Crippen LogP contribution is -2.40. The van der Waals surface area contributed by atoms with Crippen molar-refractivity contribution in [1.82, 2.24) is 10.2 Å². The summed E-state index contributed by atoms with van der Waals surface area (Å²) in [5.41, 5.74) is -0.874. The van der Waals surface area contributed by atoms with Gasteiger partial charge in [-0.2, -0.15) is 0 Å². The molecule has 1 N–H and O–H groups in total. The van der Waals surface area contributed by atoms with E-state index < -0.39 is 5.54 Å². The van der Waals surface area contributed by atoms with Crippen molar-refractivity contribution in [3.63, 3.8) is 0 Å². The maximum atomic E-state index is 12.0. The van der Waals surface area contributed by atoms with E-state index >= 15 is 0 Å². The van der Waals surface area contributed by atoms with Crippen LogP contribution in [0.25, 0.3) is 0 Å². The number of carbonyl (C=O) groups excluding carboxylic acids is 2. The molecular weight excluding hydrogens is 212 g/mol. The van der Waals surface area contributed by atoms with E-state index in [4.69, 9.17) is 0 Å². The third-order valence-corrected chi connectivity index (χ3v) is 3.70. The molecular formula is C10H12N2O2S. The molecule has 0 unspecified atom stereocenters. The topological polar surface area (TPSA) is 49.4 Å². The highest BCUT2D eigenvalue weighted by Crippen LogP contribution is 2.31. The molecule has 1 saturated heterocycles. The van der Waals surface area contributed by atoms with E-state index in [1.165, 1.54) is 16.2 Å². The second-order valence-corrected chi connectivity index (χ2v) is 4.53. The summed E-state index contributed by atoms with van der Waals surface area (Å²) in [6.07, 6.45) is 0. The predicted molar refractivity (Wildman–Crippen MR) is 57.6 cm³/mol. The number of carbonyl (C=O) groups is 2. The SMILES string of the molecule is CCN1C(=O)N[C@@](C)(c2cccs2)C1=O. The zero-order valence-corrected chi connectivity index (χ0v) is 9.43. The highest BCUT2D eigenvalue weighted by atomic mass is 32.1. The van der Waals surface area contributed by atoms with Crippen molar-refractivity contribution in [3.05, 3.63) is 22.4 Å².